The van der Waals surface area contributed by atoms with Crippen molar-refractivity contribution in [2.24, 2.45) is 7.05 Å². The van der Waals surface area contributed by atoms with Gasteiger partial charge in [-0.3, -0.25) is 4.79 Å². The fourth-order valence-corrected chi connectivity index (χ4v) is 4.56. The highest BCUT2D eigenvalue weighted by atomic mass is 32.2. The summed E-state index contributed by atoms with van der Waals surface area (Å²) in [4.78, 5) is 12.1. The molecule has 0 radical (unpaired) electrons. The number of aryl methyl sites for hydroxylation is 2. The molecule has 7 nitrogen and oxygen atoms in total. The van der Waals surface area contributed by atoms with Crippen LogP contribution in [0.4, 0.5) is 0 Å². The minimum atomic E-state index is -3.27. The smallest absolute Gasteiger partial charge is 0.253 e. The van der Waals surface area contributed by atoms with E-state index in [0.29, 0.717) is 23.2 Å². The molecule has 8 heteroatoms. The number of sulfone groups is 1. The van der Waals surface area contributed by atoms with Gasteiger partial charge in [-0.2, -0.15) is 0 Å². The van der Waals surface area contributed by atoms with Crippen molar-refractivity contribution < 1.29 is 8.42 Å². The maximum Gasteiger partial charge on any atom is 0.253 e. The molecular formula is C23H24N4O3S. The van der Waals surface area contributed by atoms with Gasteiger partial charge in [-0.15, -0.1) is 5.10 Å². The predicted molar refractivity (Wildman–Crippen MR) is 122 cm³/mol. The molecule has 4 aromatic rings. The average Bonchev–Trinajstić information content (AvgIpc) is 3.15. The average molecular weight is 437 g/mol. The zero-order valence-electron chi connectivity index (χ0n) is 17.7. The molecule has 0 unspecified atom stereocenters. The Hall–Kier alpha value is -3.26. The molecule has 0 aliphatic heterocycles. The molecule has 2 aromatic heterocycles. The van der Waals surface area contributed by atoms with Crippen molar-refractivity contribution in [3.8, 4) is 11.1 Å². The van der Waals surface area contributed by atoms with E-state index < -0.39 is 9.84 Å². The van der Waals surface area contributed by atoms with Crippen LogP contribution in [0.15, 0.2) is 59.5 Å². The highest BCUT2D eigenvalue weighted by molar-refractivity contribution is 7.90. The standard InChI is InChI=1S/C23H24N4O3S/c1-4-31(29,30)15-20-11-18(19-10-16(2)23(28)26(3)14-19)12-21-22(20)24-25-27(21)13-17-8-6-5-7-9-17/h5-12,14H,4,13,15H2,1-3H3. The third-order valence-electron chi connectivity index (χ3n) is 5.39. The molecule has 160 valence electrons. The first-order valence-corrected chi connectivity index (χ1v) is 11.9. The first kappa shape index (κ1) is 21.0. The molecular weight excluding hydrogens is 412 g/mol. The van der Waals surface area contributed by atoms with Crippen LogP contribution in [0.25, 0.3) is 22.2 Å². The molecule has 0 bridgehead atoms. The SMILES string of the molecule is CCS(=O)(=O)Cc1cc(-c2cc(C)c(=O)n(C)c2)cc2c1nnn2Cc1ccccc1. The maximum atomic E-state index is 12.4. The summed E-state index contributed by atoms with van der Waals surface area (Å²) < 4.78 is 28.1. The summed E-state index contributed by atoms with van der Waals surface area (Å²) in [7, 11) is -1.56. The molecule has 0 saturated carbocycles. The van der Waals surface area contributed by atoms with Gasteiger partial charge in [0.05, 0.1) is 17.8 Å². The Morgan fingerprint density at radius 1 is 1.03 bits per heavy atom. The van der Waals surface area contributed by atoms with Gasteiger partial charge in [0, 0.05) is 24.6 Å². The molecule has 0 fully saturated rings. The highest BCUT2D eigenvalue weighted by Gasteiger charge is 2.18. The summed E-state index contributed by atoms with van der Waals surface area (Å²) in [5.74, 6) is -0.0571. The second kappa shape index (κ2) is 8.11. The molecule has 0 N–H and O–H groups in total. The molecule has 0 atom stereocenters. The van der Waals surface area contributed by atoms with Gasteiger partial charge in [0.2, 0.25) is 0 Å². The second-order valence-electron chi connectivity index (χ2n) is 7.74. The van der Waals surface area contributed by atoms with E-state index in [-0.39, 0.29) is 17.1 Å². The Morgan fingerprint density at radius 3 is 2.45 bits per heavy atom. The van der Waals surface area contributed by atoms with E-state index in [0.717, 1.165) is 22.2 Å². The molecule has 2 heterocycles. The lowest BCUT2D eigenvalue weighted by Crippen LogP contribution is -2.18. The van der Waals surface area contributed by atoms with Crippen LogP contribution in [0.3, 0.4) is 0 Å². The monoisotopic (exact) mass is 436 g/mol. The first-order valence-electron chi connectivity index (χ1n) is 10.1. The van der Waals surface area contributed by atoms with Gasteiger partial charge < -0.3 is 4.57 Å². The molecule has 4 rings (SSSR count). The van der Waals surface area contributed by atoms with Gasteiger partial charge in [-0.1, -0.05) is 42.5 Å². The fourth-order valence-electron chi connectivity index (χ4n) is 3.66. The highest BCUT2D eigenvalue weighted by Crippen LogP contribution is 2.28. The lowest BCUT2D eigenvalue weighted by Gasteiger charge is -2.11. The van der Waals surface area contributed by atoms with Crippen molar-refractivity contribution in [1.82, 2.24) is 19.6 Å². The first-order chi connectivity index (χ1) is 14.8. The summed E-state index contributed by atoms with van der Waals surface area (Å²) in [6, 6.07) is 15.5. The van der Waals surface area contributed by atoms with E-state index >= 15 is 0 Å². The van der Waals surface area contributed by atoms with Gasteiger partial charge in [0.25, 0.3) is 5.56 Å². The number of aromatic nitrogens is 4. The molecule has 0 spiro atoms. The number of benzene rings is 2. The Morgan fingerprint density at radius 2 is 1.77 bits per heavy atom. The topological polar surface area (TPSA) is 86.8 Å². The largest absolute Gasteiger partial charge is 0.318 e. The second-order valence-corrected chi connectivity index (χ2v) is 10.1. The third-order valence-corrected chi connectivity index (χ3v) is 7.02. The van der Waals surface area contributed by atoms with Crippen LogP contribution >= 0.6 is 0 Å². The number of pyridine rings is 1. The van der Waals surface area contributed by atoms with Crippen molar-refractivity contribution in [3.05, 3.63) is 81.8 Å². The van der Waals surface area contributed by atoms with Crippen molar-refractivity contribution in [2.75, 3.05) is 5.75 Å². The van der Waals surface area contributed by atoms with Gasteiger partial charge >= 0.3 is 0 Å². The van der Waals surface area contributed by atoms with E-state index in [1.807, 2.05) is 48.5 Å². The van der Waals surface area contributed by atoms with Crippen molar-refractivity contribution in [2.45, 2.75) is 26.1 Å². The number of hydrogen-bond acceptors (Lipinski definition) is 5. The Bertz CT molecular complexity index is 1390. The van der Waals surface area contributed by atoms with Crippen LogP contribution < -0.4 is 5.56 Å². The van der Waals surface area contributed by atoms with Crippen LogP contribution in [0.5, 0.6) is 0 Å². The minimum absolute atomic E-state index is 0.0514. The maximum absolute atomic E-state index is 12.4. The third kappa shape index (κ3) is 4.29. The summed E-state index contributed by atoms with van der Waals surface area (Å²) in [6.07, 6.45) is 1.76. The molecule has 31 heavy (non-hydrogen) atoms. The van der Waals surface area contributed by atoms with Crippen LogP contribution in [0.1, 0.15) is 23.6 Å². The number of fused-ring (bicyclic) bond motifs is 1. The lowest BCUT2D eigenvalue weighted by molar-refractivity contribution is 0.596. The number of rotatable bonds is 6. The van der Waals surface area contributed by atoms with Gasteiger partial charge in [-0.25, -0.2) is 13.1 Å². The quantitative estimate of drug-likeness (QED) is 0.464. The van der Waals surface area contributed by atoms with Crippen molar-refractivity contribution >= 4 is 20.9 Å². The summed E-state index contributed by atoms with van der Waals surface area (Å²) in [5.41, 5.74) is 5.24. The zero-order chi connectivity index (χ0) is 22.2. The Labute approximate surface area is 180 Å². The Kier molecular flexibility index (Phi) is 5.49. The minimum Gasteiger partial charge on any atom is -0.318 e. The fraction of sp³-hybridized carbons (Fsp3) is 0.261. The van der Waals surface area contributed by atoms with Crippen LogP contribution in [0.2, 0.25) is 0 Å². The van der Waals surface area contributed by atoms with Gasteiger partial charge in [0.15, 0.2) is 9.84 Å². The van der Waals surface area contributed by atoms with E-state index in [2.05, 4.69) is 10.3 Å². The van der Waals surface area contributed by atoms with E-state index in [1.165, 1.54) is 4.57 Å². The van der Waals surface area contributed by atoms with E-state index in [1.54, 1.807) is 31.8 Å². The molecule has 0 amide bonds. The zero-order valence-corrected chi connectivity index (χ0v) is 18.6. The molecule has 0 aliphatic carbocycles. The van der Waals surface area contributed by atoms with Crippen LogP contribution in [-0.2, 0) is 29.2 Å². The van der Waals surface area contributed by atoms with Crippen LogP contribution in [-0.4, -0.2) is 33.7 Å². The Balaban J connectivity index is 1.92. The van der Waals surface area contributed by atoms with Gasteiger partial charge in [0.1, 0.15) is 5.52 Å². The van der Waals surface area contributed by atoms with Crippen molar-refractivity contribution in [1.29, 1.82) is 0 Å². The predicted octanol–water partition coefficient (Wildman–Crippen LogP) is 3.09. The lowest BCUT2D eigenvalue weighted by atomic mass is 10.0. The van der Waals surface area contributed by atoms with Gasteiger partial charge in [-0.05, 0) is 47.4 Å². The summed E-state index contributed by atoms with van der Waals surface area (Å²) >= 11 is 0. The van der Waals surface area contributed by atoms with Crippen molar-refractivity contribution in [3.63, 3.8) is 0 Å². The van der Waals surface area contributed by atoms with E-state index in [4.69, 9.17) is 0 Å². The summed E-state index contributed by atoms with van der Waals surface area (Å²) in [6.45, 7) is 3.93. The number of nitrogens with zero attached hydrogens (tertiary/aromatic N) is 4. The molecule has 0 aliphatic rings. The van der Waals surface area contributed by atoms with Crippen LogP contribution in [0, 0.1) is 6.92 Å². The normalized spacial score (nSPS) is 11.8. The molecule has 2 aromatic carbocycles. The number of hydrogen-bond donors (Lipinski definition) is 0. The summed E-state index contributed by atoms with van der Waals surface area (Å²) in [5, 5.41) is 8.62. The molecule has 0 saturated heterocycles. The van der Waals surface area contributed by atoms with E-state index in [9.17, 15) is 13.2 Å².